The molecule has 0 unspecified atom stereocenters. The second kappa shape index (κ2) is 8.25. The van der Waals surface area contributed by atoms with E-state index in [4.69, 9.17) is 16.3 Å². The van der Waals surface area contributed by atoms with Gasteiger partial charge in [0.1, 0.15) is 0 Å². The number of nitrogens with zero attached hydrogens (tertiary/aromatic N) is 1. The number of hydrogen-bond donors (Lipinski definition) is 1. The van der Waals surface area contributed by atoms with Gasteiger partial charge in [-0.1, -0.05) is 35.9 Å². The van der Waals surface area contributed by atoms with Crippen LogP contribution in [0.2, 0.25) is 5.02 Å². The molecule has 1 heterocycles. The van der Waals surface area contributed by atoms with Crippen molar-refractivity contribution < 1.29 is 9.53 Å². The third kappa shape index (κ3) is 4.66. The van der Waals surface area contributed by atoms with Gasteiger partial charge in [0.05, 0.1) is 12.3 Å². The van der Waals surface area contributed by atoms with Gasteiger partial charge in [0, 0.05) is 28.6 Å². The Morgan fingerprint density at radius 1 is 1.16 bits per heavy atom. The zero-order valence-electron chi connectivity index (χ0n) is 13.7. The molecular formula is C19H17ClN2O2S. The topological polar surface area (TPSA) is 51.2 Å². The summed E-state index contributed by atoms with van der Waals surface area (Å²) < 4.78 is 5.09. The summed E-state index contributed by atoms with van der Waals surface area (Å²) in [5.74, 6) is -0.201. The number of methoxy groups -OCH3 is 1. The molecule has 0 aliphatic rings. The van der Waals surface area contributed by atoms with Crippen molar-refractivity contribution in [3.8, 4) is 11.3 Å². The minimum Gasteiger partial charge on any atom is -0.384 e. The predicted molar refractivity (Wildman–Crippen MR) is 103 cm³/mol. The summed E-state index contributed by atoms with van der Waals surface area (Å²) in [6.45, 7) is 0.705. The maximum Gasteiger partial charge on any atom is 0.257 e. The molecule has 3 rings (SSSR count). The molecule has 0 spiro atoms. The number of aromatic nitrogens is 1. The third-order valence-corrected chi connectivity index (χ3v) is 4.69. The lowest BCUT2D eigenvalue weighted by molar-refractivity contribution is 0.102. The van der Waals surface area contributed by atoms with Crippen LogP contribution in [0.4, 0.5) is 5.13 Å². The molecule has 4 nitrogen and oxygen atoms in total. The maximum atomic E-state index is 12.2. The van der Waals surface area contributed by atoms with Crippen molar-refractivity contribution in [1.29, 1.82) is 0 Å². The highest BCUT2D eigenvalue weighted by atomic mass is 35.5. The first-order chi connectivity index (χ1) is 12.2. The fraction of sp³-hybridized carbons (Fsp3) is 0.158. The summed E-state index contributed by atoms with van der Waals surface area (Å²) in [7, 11) is 1.70. The second-order valence-electron chi connectivity index (χ2n) is 5.44. The summed E-state index contributed by atoms with van der Waals surface area (Å²) in [4.78, 5) is 16.7. The van der Waals surface area contributed by atoms with Gasteiger partial charge in [-0.2, -0.15) is 0 Å². The monoisotopic (exact) mass is 372 g/mol. The number of hydrogen-bond acceptors (Lipinski definition) is 4. The molecule has 0 atom stereocenters. The number of carbonyl (C=O) groups is 1. The molecule has 1 amide bonds. The summed E-state index contributed by atoms with van der Waals surface area (Å²) in [5.41, 5.74) is 3.62. The van der Waals surface area contributed by atoms with Gasteiger partial charge >= 0.3 is 0 Å². The Bertz CT molecular complexity index is 845. The largest absolute Gasteiger partial charge is 0.384 e. The van der Waals surface area contributed by atoms with Crippen LogP contribution in [0.25, 0.3) is 11.3 Å². The van der Waals surface area contributed by atoms with E-state index >= 15 is 0 Å². The molecule has 0 saturated carbocycles. The van der Waals surface area contributed by atoms with Crippen LogP contribution in [0.1, 0.15) is 15.9 Å². The summed E-state index contributed by atoms with van der Waals surface area (Å²) in [5, 5.41) is 5.92. The van der Waals surface area contributed by atoms with E-state index < -0.39 is 0 Å². The van der Waals surface area contributed by atoms with Crippen LogP contribution in [0.5, 0.6) is 0 Å². The molecule has 0 bridgehead atoms. The summed E-state index contributed by atoms with van der Waals surface area (Å²) in [6, 6.07) is 15.0. The Morgan fingerprint density at radius 2 is 1.88 bits per heavy atom. The quantitative estimate of drug-likeness (QED) is 0.669. The lowest BCUT2D eigenvalue weighted by atomic mass is 10.1. The van der Waals surface area contributed by atoms with Crippen LogP contribution in [-0.2, 0) is 11.2 Å². The zero-order valence-corrected chi connectivity index (χ0v) is 15.2. The number of anilines is 1. The second-order valence-corrected chi connectivity index (χ2v) is 6.73. The van der Waals surface area contributed by atoms with Crippen LogP contribution < -0.4 is 5.32 Å². The van der Waals surface area contributed by atoms with Crippen molar-refractivity contribution in [3.05, 3.63) is 70.1 Å². The highest BCUT2D eigenvalue weighted by molar-refractivity contribution is 7.14. The SMILES string of the molecule is COCCc1ccc(-c2csc(NC(=O)c3ccc(Cl)cc3)n2)cc1. The number of thiazole rings is 1. The van der Waals surface area contributed by atoms with E-state index in [0.717, 1.165) is 17.7 Å². The smallest absolute Gasteiger partial charge is 0.257 e. The van der Waals surface area contributed by atoms with Gasteiger partial charge in [0.25, 0.3) is 5.91 Å². The Hall–Kier alpha value is -2.21. The number of carbonyl (C=O) groups excluding carboxylic acids is 1. The molecule has 0 aliphatic heterocycles. The number of nitrogens with one attached hydrogen (secondary N) is 1. The van der Waals surface area contributed by atoms with Gasteiger partial charge in [-0.3, -0.25) is 10.1 Å². The Kier molecular flexibility index (Phi) is 5.81. The fourth-order valence-electron chi connectivity index (χ4n) is 2.30. The van der Waals surface area contributed by atoms with Crippen molar-refractivity contribution >= 4 is 34.0 Å². The van der Waals surface area contributed by atoms with E-state index in [1.54, 1.807) is 31.4 Å². The molecule has 25 heavy (non-hydrogen) atoms. The molecule has 0 aliphatic carbocycles. The van der Waals surface area contributed by atoms with Gasteiger partial charge in [-0.15, -0.1) is 11.3 Å². The summed E-state index contributed by atoms with van der Waals surface area (Å²) >= 11 is 7.24. The van der Waals surface area contributed by atoms with Crippen LogP contribution in [-0.4, -0.2) is 24.6 Å². The van der Waals surface area contributed by atoms with E-state index in [9.17, 15) is 4.79 Å². The standard InChI is InChI=1S/C19H17ClN2O2S/c1-24-11-10-13-2-4-14(5-3-13)17-12-25-19(21-17)22-18(23)15-6-8-16(20)9-7-15/h2-9,12H,10-11H2,1H3,(H,21,22,23). The first-order valence-electron chi connectivity index (χ1n) is 7.76. The number of amides is 1. The average molecular weight is 373 g/mol. The van der Waals surface area contributed by atoms with E-state index in [1.807, 2.05) is 17.5 Å². The lowest BCUT2D eigenvalue weighted by Crippen LogP contribution is -2.11. The molecule has 0 fully saturated rings. The van der Waals surface area contributed by atoms with Gasteiger partial charge in [0.2, 0.25) is 0 Å². The molecule has 6 heteroatoms. The normalized spacial score (nSPS) is 10.6. The van der Waals surface area contributed by atoms with Gasteiger partial charge < -0.3 is 4.74 Å². The van der Waals surface area contributed by atoms with Crippen molar-refractivity contribution in [2.45, 2.75) is 6.42 Å². The molecule has 128 valence electrons. The maximum absolute atomic E-state index is 12.2. The first-order valence-corrected chi connectivity index (χ1v) is 9.02. The molecular weight excluding hydrogens is 356 g/mol. The van der Waals surface area contributed by atoms with Crippen LogP contribution >= 0.6 is 22.9 Å². The first kappa shape index (κ1) is 17.6. The highest BCUT2D eigenvalue weighted by Gasteiger charge is 2.10. The Morgan fingerprint density at radius 3 is 2.56 bits per heavy atom. The van der Waals surface area contributed by atoms with Crippen molar-refractivity contribution in [2.24, 2.45) is 0 Å². The number of halogens is 1. The van der Waals surface area contributed by atoms with Crippen LogP contribution in [0, 0.1) is 0 Å². The molecule has 1 N–H and O–H groups in total. The zero-order chi connectivity index (χ0) is 17.6. The molecule has 2 aromatic carbocycles. The third-order valence-electron chi connectivity index (χ3n) is 3.68. The average Bonchev–Trinajstić information content (AvgIpc) is 3.09. The van der Waals surface area contributed by atoms with Crippen LogP contribution in [0.3, 0.4) is 0 Å². The number of benzene rings is 2. The predicted octanol–water partition coefficient (Wildman–Crippen LogP) is 4.90. The molecule has 0 radical (unpaired) electrons. The number of ether oxygens (including phenoxy) is 1. The van der Waals surface area contributed by atoms with Crippen molar-refractivity contribution in [1.82, 2.24) is 4.98 Å². The van der Waals surface area contributed by atoms with E-state index in [2.05, 4.69) is 22.4 Å². The van der Waals surface area contributed by atoms with E-state index in [0.29, 0.717) is 22.3 Å². The van der Waals surface area contributed by atoms with E-state index in [-0.39, 0.29) is 5.91 Å². The van der Waals surface area contributed by atoms with Crippen LogP contribution in [0.15, 0.2) is 53.9 Å². The number of rotatable bonds is 6. The lowest BCUT2D eigenvalue weighted by Gasteiger charge is -2.03. The summed E-state index contributed by atoms with van der Waals surface area (Å²) in [6.07, 6.45) is 0.885. The minimum absolute atomic E-state index is 0.201. The Balaban J connectivity index is 1.67. The molecule has 3 aromatic rings. The fourth-order valence-corrected chi connectivity index (χ4v) is 3.14. The minimum atomic E-state index is -0.201. The van der Waals surface area contributed by atoms with Crippen molar-refractivity contribution in [3.63, 3.8) is 0 Å². The Labute approximate surface area is 155 Å². The highest BCUT2D eigenvalue weighted by Crippen LogP contribution is 2.25. The van der Waals surface area contributed by atoms with Crippen molar-refractivity contribution in [2.75, 3.05) is 19.0 Å². The molecule has 1 aromatic heterocycles. The van der Waals surface area contributed by atoms with Gasteiger partial charge in [-0.25, -0.2) is 4.98 Å². The molecule has 0 saturated heterocycles. The van der Waals surface area contributed by atoms with Gasteiger partial charge in [0.15, 0.2) is 5.13 Å². The van der Waals surface area contributed by atoms with Gasteiger partial charge in [-0.05, 0) is 36.2 Å². The van der Waals surface area contributed by atoms with E-state index in [1.165, 1.54) is 16.9 Å².